The third-order valence-corrected chi connectivity index (χ3v) is 2.13. The van der Waals surface area contributed by atoms with Gasteiger partial charge in [-0.25, -0.2) is 0 Å². The lowest BCUT2D eigenvalue weighted by Gasteiger charge is -1.98. The number of hydrogen-bond donors (Lipinski definition) is 0. The van der Waals surface area contributed by atoms with Gasteiger partial charge in [0, 0.05) is 5.69 Å². The second kappa shape index (κ2) is 3.52. The summed E-state index contributed by atoms with van der Waals surface area (Å²) in [7, 11) is 0. The van der Waals surface area contributed by atoms with Crippen LogP contribution in [0.2, 0.25) is 0 Å². The standard InChI is InChI=1S/C9H14N2O/c1-4-9-7(2)10-11(5-6-12)8(9)3/h6H,4-5H2,1-3H3. The van der Waals surface area contributed by atoms with Crippen LogP contribution in [0.15, 0.2) is 0 Å². The van der Waals surface area contributed by atoms with Crippen molar-refractivity contribution in [2.24, 2.45) is 0 Å². The lowest BCUT2D eigenvalue weighted by Crippen LogP contribution is -2.03. The van der Waals surface area contributed by atoms with Crippen molar-refractivity contribution < 1.29 is 4.79 Å². The lowest BCUT2D eigenvalue weighted by molar-refractivity contribution is -0.108. The van der Waals surface area contributed by atoms with Crippen molar-refractivity contribution in [2.45, 2.75) is 33.7 Å². The van der Waals surface area contributed by atoms with E-state index in [0.29, 0.717) is 6.54 Å². The van der Waals surface area contributed by atoms with Gasteiger partial charge >= 0.3 is 0 Å². The summed E-state index contributed by atoms with van der Waals surface area (Å²) >= 11 is 0. The fourth-order valence-corrected chi connectivity index (χ4v) is 1.49. The predicted molar refractivity (Wildman–Crippen MR) is 47.1 cm³/mol. The van der Waals surface area contributed by atoms with Gasteiger partial charge in [0.1, 0.15) is 6.29 Å². The number of aldehydes is 1. The lowest BCUT2D eigenvalue weighted by atomic mass is 10.1. The Morgan fingerprint density at radius 2 is 2.17 bits per heavy atom. The number of rotatable bonds is 3. The molecule has 0 spiro atoms. The fourth-order valence-electron chi connectivity index (χ4n) is 1.49. The van der Waals surface area contributed by atoms with E-state index in [1.807, 2.05) is 13.8 Å². The van der Waals surface area contributed by atoms with Gasteiger partial charge < -0.3 is 4.79 Å². The van der Waals surface area contributed by atoms with E-state index >= 15 is 0 Å². The summed E-state index contributed by atoms with van der Waals surface area (Å²) in [5, 5.41) is 4.26. The molecule has 1 aromatic heterocycles. The minimum atomic E-state index is 0.368. The smallest absolute Gasteiger partial charge is 0.141 e. The van der Waals surface area contributed by atoms with Crippen molar-refractivity contribution in [1.29, 1.82) is 0 Å². The molecule has 0 radical (unpaired) electrons. The second-order valence-corrected chi connectivity index (χ2v) is 2.85. The molecule has 1 aromatic rings. The Balaban J connectivity index is 3.07. The Morgan fingerprint density at radius 1 is 1.50 bits per heavy atom. The van der Waals surface area contributed by atoms with Gasteiger partial charge in [-0.3, -0.25) is 4.68 Å². The van der Waals surface area contributed by atoms with Gasteiger partial charge in [-0.1, -0.05) is 6.92 Å². The maximum Gasteiger partial charge on any atom is 0.141 e. The van der Waals surface area contributed by atoms with Crippen molar-refractivity contribution in [2.75, 3.05) is 0 Å². The molecule has 1 heterocycles. The molecular weight excluding hydrogens is 152 g/mol. The van der Waals surface area contributed by atoms with E-state index in [1.54, 1.807) is 4.68 Å². The first kappa shape index (κ1) is 8.97. The van der Waals surface area contributed by atoms with Crippen molar-refractivity contribution in [3.8, 4) is 0 Å². The highest BCUT2D eigenvalue weighted by atomic mass is 16.1. The van der Waals surface area contributed by atoms with Gasteiger partial charge in [0.15, 0.2) is 0 Å². The topological polar surface area (TPSA) is 34.9 Å². The molecule has 0 saturated carbocycles. The minimum Gasteiger partial charge on any atom is -0.301 e. The average molecular weight is 166 g/mol. The van der Waals surface area contributed by atoms with E-state index in [1.165, 1.54) is 5.56 Å². The van der Waals surface area contributed by atoms with E-state index < -0.39 is 0 Å². The SMILES string of the molecule is CCc1c(C)nn(CC=O)c1C. The van der Waals surface area contributed by atoms with Crippen LogP contribution in [0.4, 0.5) is 0 Å². The minimum absolute atomic E-state index is 0.368. The Kier molecular flexibility index (Phi) is 2.63. The molecule has 1 rings (SSSR count). The molecule has 3 nitrogen and oxygen atoms in total. The predicted octanol–water partition coefficient (Wildman–Crippen LogP) is 1.26. The molecule has 0 fully saturated rings. The number of carbonyl (C=O) groups excluding carboxylic acids is 1. The maximum atomic E-state index is 10.3. The zero-order chi connectivity index (χ0) is 9.14. The number of nitrogens with zero attached hydrogens (tertiary/aromatic N) is 2. The van der Waals surface area contributed by atoms with Gasteiger partial charge in [-0.15, -0.1) is 0 Å². The Bertz CT molecular complexity index is 289. The summed E-state index contributed by atoms with van der Waals surface area (Å²) in [4.78, 5) is 10.3. The Morgan fingerprint density at radius 3 is 2.58 bits per heavy atom. The van der Waals surface area contributed by atoms with E-state index in [-0.39, 0.29) is 0 Å². The van der Waals surface area contributed by atoms with E-state index in [9.17, 15) is 4.79 Å². The first-order valence-corrected chi connectivity index (χ1v) is 4.17. The number of hydrogen-bond acceptors (Lipinski definition) is 2. The molecule has 0 amide bonds. The molecular formula is C9H14N2O. The summed E-state index contributed by atoms with van der Waals surface area (Å²) in [6, 6.07) is 0. The molecule has 0 bridgehead atoms. The monoisotopic (exact) mass is 166 g/mol. The molecule has 0 N–H and O–H groups in total. The zero-order valence-electron chi connectivity index (χ0n) is 7.79. The molecule has 0 unspecified atom stereocenters. The van der Waals surface area contributed by atoms with Crippen LogP contribution in [0.25, 0.3) is 0 Å². The molecule has 0 aromatic carbocycles. The van der Waals surface area contributed by atoms with Crippen LogP contribution in [0, 0.1) is 13.8 Å². The van der Waals surface area contributed by atoms with Crippen LogP contribution >= 0.6 is 0 Å². The molecule has 66 valence electrons. The molecule has 0 aliphatic carbocycles. The van der Waals surface area contributed by atoms with Crippen LogP contribution in [-0.2, 0) is 17.8 Å². The van der Waals surface area contributed by atoms with Crippen molar-refractivity contribution in [1.82, 2.24) is 9.78 Å². The zero-order valence-corrected chi connectivity index (χ0v) is 7.79. The van der Waals surface area contributed by atoms with E-state index in [2.05, 4.69) is 12.0 Å². The number of aryl methyl sites for hydroxylation is 1. The molecule has 3 heteroatoms. The first-order valence-electron chi connectivity index (χ1n) is 4.17. The molecule has 0 atom stereocenters. The second-order valence-electron chi connectivity index (χ2n) is 2.85. The summed E-state index contributed by atoms with van der Waals surface area (Å²) in [6.07, 6.45) is 1.86. The van der Waals surface area contributed by atoms with E-state index in [0.717, 1.165) is 24.1 Å². The third-order valence-electron chi connectivity index (χ3n) is 2.13. The number of carbonyl (C=O) groups is 1. The third kappa shape index (κ3) is 1.40. The summed E-state index contributed by atoms with van der Waals surface area (Å²) in [5.41, 5.74) is 3.41. The normalized spacial score (nSPS) is 10.2. The Labute approximate surface area is 72.4 Å². The summed E-state index contributed by atoms with van der Waals surface area (Å²) in [5.74, 6) is 0. The Hall–Kier alpha value is -1.12. The average Bonchev–Trinajstić information content (AvgIpc) is 2.29. The van der Waals surface area contributed by atoms with Crippen LogP contribution in [0.5, 0.6) is 0 Å². The van der Waals surface area contributed by atoms with Crippen LogP contribution in [-0.4, -0.2) is 16.1 Å². The summed E-state index contributed by atoms with van der Waals surface area (Å²) in [6.45, 7) is 6.45. The van der Waals surface area contributed by atoms with Crippen molar-refractivity contribution in [3.05, 3.63) is 17.0 Å². The van der Waals surface area contributed by atoms with Crippen molar-refractivity contribution in [3.63, 3.8) is 0 Å². The van der Waals surface area contributed by atoms with Gasteiger partial charge in [0.2, 0.25) is 0 Å². The van der Waals surface area contributed by atoms with Gasteiger partial charge in [-0.2, -0.15) is 5.10 Å². The van der Waals surface area contributed by atoms with E-state index in [4.69, 9.17) is 0 Å². The summed E-state index contributed by atoms with van der Waals surface area (Å²) < 4.78 is 1.75. The van der Waals surface area contributed by atoms with Gasteiger partial charge in [-0.05, 0) is 25.8 Å². The molecule has 0 aliphatic rings. The molecule has 0 saturated heterocycles. The van der Waals surface area contributed by atoms with Crippen LogP contribution in [0.1, 0.15) is 23.9 Å². The fraction of sp³-hybridized carbons (Fsp3) is 0.556. The van der Waals surface area contributed by atoms with Crippen molar-refractivity contribution >= 4 is 6.29 Å². The highest BCUT2D eigenvalue weighted by molar-refractivity contribution is 5.49. The molecule has 12 heavy (non-hydrogen) atoms. The first-order chi connectivity index (χ1) is 5.70. The van der Waals surface area contributed by atoms with Crippen LogP contribution in [0.3, 0.4) is 0 Å². The molecule has 0 aliphatic heterocycles. The number of aromatic nitrogens is 2. The maximum absolute atomic E-state index is 10.3. The quantitative estimate of drug-likeness (QED) is 0.634. The van der Waals surface area contributed by atoms with Gasteiger partial charge in [0.25, 0.3) is 0 Å². The highest BCUT2D eigenvalue weighted by Gasteiger charge is 2.07. The highest BCUT2D eigenvalue weighted by Crippen LogP contribution is 2.12. The van der Waals surface area contributed by atoms with Gasteiger partial charge in [0.05, 0.1) is 12.2 Å². The largest absolute Gasteiger partial charge is 0.301 e. The van der Waals surface area contributed by atoms with Crippen LogP contribution < -0.4 is 0 Å².